The number of rotatable bonds is 7. The first-order valence-corrected chi connectivity index (χ1v) is 11.6. The van der Waals surface area contributed by atoms with Crippen LogP contribution in [0.25, 0.3) is 0 Å². The van der Waals surface area contributed by atoms with Crippen LogP contribution in [0.2, 0.25) is 0 Å². The second-order valence-electron chi connectivity index (χ2n) is 7.43. The number of nitrogen functional groups attached to an aromatic ring is 1. The van der Waals surface area contributed by atoms with E-state index >= 15 is 0 Å². The van der Waals surface area contributed by atoms with Crippen LogP contribution in [-0.4, -0.2) is 45.1 Å². The molecule has 1 aliphatic heterocycles. The molecule has 2 amide bonds. The Morgan fingerprint density at radius 1 is 1.18 bits per heavy atom. The quantitative estimate of drug-likeness (QED) is 0.223. The number of carbonyl (C=O) groups is 2. The van der Waals surface area contributed by atoms with Gasteiger partial charge in [0.25, 0.3) is 0 Å². The van der Waals surface area contributed by atoms with Gasteiger partial charge in [-0.2, -0.15) is 0 Å². The van der Waals surface area contributed by atoms with Gasteiger partial charge in [-0.3, -0.25) is 19.7 Å². The van der Waals surface area contributed by atoms with Crippen molar-refractivity contribution in [3.8, 4) is 0 Å². The first kappa shape index (κ1) is 26.3. The Morgan fingerprint density at radius 2 is 1.82 bits per heavy atom. The highest BCUT2D eigenvalue weighted by atomic mass is 35.5. The van der Waals surface area contributed by atoms with Gasteiger partial charge in [-0.05, 0) is 24.0 Å². The zero-order valence-corrected chi connectivity index (χ0v) is 19.3. The summed E-state index contributed by atoms with van der Waals surface area (Å²) in [6.07, 6.45) is 0.251. The monoisotopic (exact) mass is 496 g/mol. The van der Waals surface area contributed by atoms with E-state index in [1.54, 1.807) is 0 Å². The van der Waals surface area contributed by atoms with Crippen LogP contribution in [0, 0.1) is 5.41 Å². The molecule has 1 aliphatic rings. The van der Waals surface area contributed by atoms with Crippen molar-refractivity contribution in [3.05, 3.63) is 71.3 Å². The number of hydrogen-bond acceptors (Lipinski definition) is 5. The van der Waals surface area contributed by atoms with Gasteiger partial charge >= 0.3 is 13.7 Å². The van der Waals surface area contributed by atoms with Crippen molar-refractivity contribution in [2.24, 2.45) is 5.73 Å². The van der Waals surface area contributed by atoms with Crippen molar-refractivity contribution in [3.63, 3.8) is 0 Å². The summed E-state index contributed by atoms with van der Waals surface area (Å²) in [7, 11) is -4.78. The molecule has 0 bridgehead atoms. The van der Waals surface area contributed by atoms with Gasteiger partial charge in [0.15, 0.2) is 5.78 Å². The molecule has 178 valence electrons. The minimum Gasteiger partial charge on any atom is -0.445 e. The van der Waals surface area contributed by atoms with Crippen LogP contribution in [0.3, 0.4) is 0 Å². The van der Waals surface area contributed by atoms with Gasteiger partial charge in [-0.15, -0.1) is 12.4 Å². The molecule has 0 saturated carbocycles. The van der Waals surface area contributed by atoms with Crippen molar-refractivity contribution in [2.45, 2.75) is 31.3 Å². The molecule has 0 aromatic heterocycles. The molecular weight excluding hydrogens is 471 g/mol. The maximum absolute atomic E-state index is 12.9. The number of nitrogens with one attached hydrogen (secondary N) is 2. The van der Waals surface area contributed by atoms with Crippen molar-refractivity contribution >= 4 is 37.8 Å². The summed E-state index contributed by atoms with van der Waals surface area (Å²) in [6.45, 7) is 0.359. The van der Waals surface area contributed by atoms with Crippen molar-refractivity contribution < 1.29 is 28.7 Å². The highest BCUT2D eigenvalue weighted by Gasteiger charge is 2.39. The van der Waals surface area contributed by atoms with E-state index in [-0.39, 0.29) is 30.4 Å². The van der Waals surface area contributed by atoms with Gasteiger partial charge < -0.3 is 25.6 Å². The van der Waals surface area contributed by atoms with E-state index in [4.69, 9.17) is 15.9 Å². The molecule has 2 aromatic carbocycles. The Hall–Kier alpha value is -2.91. The molecule has 3 rings (SSSR count). The van der Waals surface area contributed by atoms with Crippen LogP contribution < -0.4 is 11.1 Å². The van der Waals surface area contributed by atoms with E-state index in [1.807, 2.05) is 30.3 Å². The third-order valence-electron chi connectivity index (χ3n) is 5.15. The molecule has 6 N–H and O–H groups in total. The second kappa shape index (κ2) is 11.3. The molecule has 1 fully saturated rings. The number of likely N-dealkylation sites (tertiary alicyclic amines) is 1. The maximum atomic E-state index is 12.9. The van der Waals surface area contributed by atoms with Crippen LogP contribution in [0.4, 0.5) is 4.79 Å². The highest BCUT2D eigenvalue weighted by molar-refractivity contribution is 7.52. The zero-order chi connectivity index (χ0) is 23.3. The Bertz CT molecular complexity index is 1030. The first-order valence-electron chi connectivity index (χ1n) is 9.94. The van der Waals surface area contributed by atoms with Crippen molar-refractivity contribution in [1.82, 2.24) is 10.2 Å². The lowest BCUT2D eigenvalue weighted by Crippen LogP contribution is -2.47. The average Bonchev–Trinajstić information content (AvgIpc) is 3.26. The lowest BCUT2D eigenvalue weighted by molar-refractivity contribution is -0.125. The Labute approximate surface area is 197 Å². The number of amidine groups is 1. The minimum atomic E-state index is -4.78. The highest BCUT2D eigenvalue weighted by Crippen LogP contribution is 2.50. The molecule has 1 unspecified atom stereocenters. The fraction of sp³-hybridized carbons (Fsp3) is 0.286. The lowest BCUT2D eigenvalue weighted by atomic mass is 10.1. The third-order valence-corrected chi connectivity index (χ3v) is 6.25. The van der Waals surface area contributed by atoms with Gasteiger partial charge in [0.05, 0.1) is 0 Å². The minimum absolute atomic E-state index is 0. The van der Waals surface area contributed by atoms with Crippen LogP contribution in [0.1, 0.15) is 35.3 Å². The number of halogens is 1. The standard InChI is InChI=1S/C21H25N4O6P.ClH/c22-18(23)15-8-10-16(11-9-15)20(32(28,29)30)24-19(26)17-7-4-12-25(17)21(27)31-13-14-5-2-1-3-6-14;/h1-3,5-6,8-11,17,20H,4,7,12-13H2,(H3,22,23)(H,24,26)(H2,28,29,30);1H/t17-,20?;/m0./s1. The van der Waals surface area contributed by atoms with E-state index in [2.05, 4.69) is 5.32 Å². The second-order valence-corrected chi connectivity index (χ2v) is 9.12. The number of ether oxygens (including phenoxy) is 1. The number of hydrogen-bond donors (Lipinski definition) is 5. The van der Waals surface area contributed by atoms with Crippen molar-refractivity contribution in [1.29, 1.82) is 5.41 Å². The number of benzene rings is 2. The van der Waals surface area contributed by atoms with Gasteiger partial charge in [-0.25, -0.2) is 4.79 Å². The number of carbonyl (C=O) groups excluding carboxylic acids is 2. The van der Waals surface area contributed by atoms with Crippen LogP contribution in [-0.2, 0) is 20.7 Å². The smallest absolute Gasteiger partial charge is 0.410 e. The van der Waals surface area contributed by atoms with Crippen LogP contribution >= 0.6 is 20.0 Å². The Balaban J connectivity index is 0.00000385. The van der Waals surface area contributed by atoms with Crippen molar-refractivity contribution in [2.75, 3.05) is 6.54 Å². The van der Waals surface area contributed by atoms with Gasteiger partial charge in [0, 0.05) is 12.1 Å². The van der Waals surface area contributed by atoms with Gasteiger partial charge in [0.2, 0.25) is 5.91 Å². The molecule has 0 radical (unpaired) electrons. The Kier molecular flexibility index (Phi) is 9.01. The molecule has 33 heavy (non-hydrogen) atoms. The summed E-state index contributed by atoms with van der Waals surface area (Å²) in [4.78, 5) is 46.3. The first-order chi connectivity index (χ1) is 15.2. The Morgan fingerprint density at radius 3 is 2.39 bits per heavy atom. The fourth-order valence-electron chi connectivity index (χ4n) is 3.50. The molecule has 12 heteroatoms. The van der Waals surface area contributed by atoms with Gasteiger partial charge in [0.1, 0.15) is 18.5 Å². The molecular formula is C21H26ClN4O6P. The largest absolute Gasteiger partial charge is 0.445 e. The van der Waals surface area contributed by atoms with Gasteiger partial charge in [-0.1, -0.05) is 54.6 Å². The molecule has 0 spiro atoms. The number of nitrogens with two attached hydrogens (primary N) is 1. The maximum Gasteiger partial charge on any atom is 0.410 e. The average molecular weight is 497 g/mol. The fourth-order valence-corrected chi connectivity index (χ4v) is 4.35. The van der Waals surface area contributed by atoms with E-state index in [0.717, 1.165) is 5.56 Å². The lowest BCUT2D eigenvalue weighted by Gasteiger charge is -2.26. The molecule has 1 saturated heterocycles. The SMILES string of the molecule is Cl.N=C(N)c1ccc(C(NC(=O)[C@@H]2CCCN2C(=O)OCc2ccccc2)P(=O)(O)O)cc1. The molecule has 2 aromatic rings. The van der Waals surface area contributed by atoms with E-state index in [9.17, 15) is 23.9 Å². The summed E-state index contributed by atoms with van der Waals surface area (Å²) in [5, 5.41) is 9.81. The van der Waals surface area contributed by atoms with E-state index in [0.29, 0.717) is 24.9 Å². The van der Waals surface area contributed by atoms with Crippen LogP contribution in [0.5, 0.6) is 0 Å². The summed E-state index contributed by atoms with van der Waals surface area (Å²) in [5.74, 6) is -2.47. The molecule has 2 atom stereocenters. The summed E-state index contributed by atoms with van der Waals surface area (Å²) < 4.78 is 17.4. The molecule has 0 aliphatic carbocycles. The summed E-state index contributed by atoms with van der Waals surface area (Å²) in [5.41, 5.74) is 6.75. The summed E-state index contributed by atoms with van der Waals surface area (Å²) >= 11 is 0. The predicted molar refractivity (Wildman–Crippen MR) is 124 cm³/mol. The molecule has 10 nitrogen and oxygen atoms in total. The number of amides is 2. The van der Waals surface area contributed by atoms with Crippen LogP contribution in [0.15, 0.2) is 54.6 Å². The number of nitrogens with zero attached hydrogens (tertiary/aromatic N) is 1. The van der Waals surface area contributed by atoms with E-state index < -0.39 is 31.4 Å². The third kappa shape index (κ3) is 6.79. The zero-order valence-electron chi connectivity index (χ0n) is 17.6. The predicted octanol–water partition coefficient (Wildman–Crippen LogP) is 2.49. The summed E-state index contributed by atoms with van der Waals surface area (Å²) in [6, 6.07) is 13.9. The van der Waals surface area contributed by atoms with E-state index in [1.165, 1.54) is 29.2 Å². The normalized spacial score (nSPS) is 16.4. The topological polar surface area (TPSA) is 166 Å². The molecule has 1 heterocycles.